The van der Waals surface area contributed by atoms with Crippen LogP contribution in [0.15, 0.2) is 36.4 Å². The molecule has 4 heterocycles. The predicted octanol–water partition coefficient (Wildman–Crippen LogP) is 7.70. The molecule has 6 rings (SSSR count). The number of hydrogen-bond donors (Lipinski definition) is 0. The normalized spacial score (nSPS) is 21.7. The van der Waals surface area contributed by atoms with E-state index in [9.17, 15) is 0 Å². The Kier molecular flexibility index (Phi) is 13.6. The van der Waals surface area contributed by atoms with Gasteiger partial charge >= 0.3 is 14.2 Å². The van der Waals surface area contributed by atoms with Gasteiger partial charge in [0.25, 0.3) is 0 Å². The van der Waals surface area contributed by atoms with Gasteiger partial charge in [0.15, 0.2) is 0 Å². The highest BCUT2D eigenvalue weighted by molar-refractivity contribution is 6.62. The summed E-state index contributed by atoms with van der Waals surface area (Å²) in [5, 5.41) is 0. The van der Waals surface area contributed by atoms with E-state index in [-0.39, 0.29) is 47.8 Å². The first-order valence-corrected chi connectivity index (χ1v) is 20.0. The maximum Gasteiger partial charge on any atom is 0.494 e. The molecule has 0 N–H and O–H groups in total. The SMILES string of the molecule is CC.CC.CC(C)(CCN1COc2ccc(B3OC(C)(C)C(C)(C)O3)cc2C1)OCCC(C)(C)N1COc2ccc(B3OC(C)(C)C(C)(C)O3)cc2C1. The first-order chi connectivity index (χ1) is 24.7. The topological polar surface area (TPSA) is 71.1 Å². The molecule has 0 bridgehead atoms. The molecule has 0 spiro atoms. The van der Waals surface area contributed by atoms with Gasteiger partial charge in [0.2, 0.25) is 0 Å². The molecule has 11 heteroatoms. The van der Waals surface area contributed by atoms with Crippen LogP contribution in [-0.2, 0) is 36.4 Å². The Morgan fingerprint density at radius 3 is 1.53 bits per heavy atom. The standard InChI is InChI=1S/C38H58B2N2O7.2C2H6/c1-33(2,42-24-28-22-30(14-16-32(28)44-26-42)40-48-37(9,10)38(11,12)49-40)18-20-45-34(3,4)17-19-41-23-27-21-29(13-15-31(27)43-25-41)39-46-35(5,6)36(7,8)47-39;2*1-2/h13-16,21-22H,17-20,23-26H2,1-12H3;2*1-2H3. The minimum Gasteiger partial charge on any atom is -0.478 e. The molecule has 2 saturated heterocycles. The lowest BCUT2D eigenvalue weighted by molar-refractivity contribution is -0.0599. The average molecular weight is 737 g/mol. The first-order valence-electron chi connectivity index (χ1n) is 20.0. The predicted molar refractivity (Wildman–Crippen MR) is 217 cm³/mol. The van der Waals surface area contributed by atoms with Gasteiger partial charge in [-0.3, -0.25) is 9.80 Å². The third kappa shape index (κ3) is 9.83. The highest BCUT2D eigenvalue weighted by Gasteiger charge is 2.53. The molecule has 2 fully saturated rings. The van der Waals surface area contributed by atoms with Crippen LogP contribution in [-0.4, -0.2) is 84.2 Å². The van der Waals surface area contributed by atoms with Gasteiger partial charge in [0.05, 0.1) is 28.0 Å². The lowest BCUT2D eigenvalue weighted by atomic mass is 9.78. The van der Waals surface area contributed by atoms with Gasteiger partial charge in [-0.05, 0) is 119 Å². The zero-order valence-electron chi connectivity index (χ0n) is 36.0. The van der Waals surface area contributed by atoms with E-state index in [1.807, 2.05) is 33.8 Å². The summed E-state index contributed by atoms with van der Waals surface area (Å²) in [7, 11) is -0.771. The van der Waals surface area contributed by atoms with Gasteiger partial charge in [-0.2, -0.15) is 0 Å². The molecular weight excluding hydrogens is 666 g/mol. The number of rotatable bonds is 10. The maximum atomic E-state index is 6.54. The fraction of sp³-hybridized carbons (Fsp3) is 0.714. The van der Waals surface area contributed by atoms with E-state index in [1.54, 1.807) is 0 Å². The molecule has 0 atom stereocenters. The molecule has 296 valence electrons. The van der Waals surface area contributed by atoms with Crippen LogP contribution in [0.1, 0.15) is 135 Å². The lowest BCUT2D eigenvalue weighted by Crippen LogP contribution is -2.48. The quantitative estimate of drug-likeness (QED) is 0.229. The molecule has 0 aliphatic carbocycles. The summed E-state index contributed by atoms with van der Waals surface area (Å²) in [4.78, 5) is 4.73. The monoisotopic (exact) mass is 737 g/mol. The molecular formula is C42H70B2N2O7. The second kappa shape index (κ2) is 16.5. The van der Waals surface area contributed by atoms with Crippen molar-refractivity contribution in [2.75, 3.05) is 26.6 Å². The van der Waals surface area contributed by atoms with Gasteiger partial charge in [-0.15, -0.1) is 0 Å². The summed E-state index contributed by atoms with van der Waals surface area (Å²) in [5.41, 5.74) is 2.48. The van der Waals surface area contributed by atoms with Crippen molar-refractivity contribution >= 4 is 25.2 Å². The van der Waals surface area contributed by atoms with Crippen molar-refractivity contribution < 1.29 is 32.8 Å². The number of hydrogen-bond acceptors (Lipinski definition) is 9. The molecule has 0 amide bonds. The van der Waals surface area contributed by atoms with Gasteiger partial charge in [0.1, 0.15) is 25.0 Å². The van der Waals surface area contributed by atoms with E-state index in [0.717, 1.165) is 66.0 Å². The summed E-state index contributed by atoms with van der Waals surface area (Å²) < 4.78 is 44.1. The van der Waals surface area contributed by atoms with Crippen LogP contribution in [0.3, 0.4) is 0 Å². The fourth-order valence-electron chi connectivity index (χ4n) is 6.59. The molecule has 0 radical (unpaired) electrons. The van der Waals surface area contributed by atoms with Crippen LogP contribution in [0.4, 0.5) is 0 Å². The van der Waals surface area contributed by atoms with Crippen LogP contribution >= 0.6 is 0 Å². The third-order valence-electron chi connectivity index (χ3n) is 11.8. The summed E-state index contributed by atoms with van der Waals surface area (Å²) in [5.74, 6) is 1.86. The minimum atomic E-state index is -0.389. The summed E-state index contributed by atoms with van der Waals surface area (Å²) in [6, 6.07) is 12.6. The van der Waals surface area contributed by atoms with E-state index in [4.69, 9.17) is 32.8 Å². The Bertz CT molecular complexity index is 1490. The molecule has 0 aromatic heterocycles. The van der Waals surface area contributed by atoms with Crippen molar-refractivity contribution in [2.24, 2.45) is 0 Å². The molecule has 9 nitrogen and oxygen atoms in total. The second-order valence-electron chi connectivity index (χ2n) is 17.6. The maximum absolute atomic E-state index is 6.54. The van der Waals surface area contributed by atoms with Gasteiger partial charge in [0, 0.05) is 42.9 Å². The Morgan fingerprint density at radius 2 is 1.06 bits per heavy atom. The van der Waals surface area contributed by atoms with Crippen LogP contribution in [0.5, 0.6) is 11.5 Å². The van der Waals surface area contributed by atoms with E-state index < -0.39 is 0 Å². The molecule has 0 unspecified atom stereocenters. The summed E-state index contributed by atoms with van der Waals surface area (Å²) in [6.45, 7) is 37.9. The molecule has 2 aromatic carbocycles. The Morgan fingerprint density at radius 1 is 0.623 bits per heavy atom. The van der Waals surface area contributed by atoms with Crippen molar-refractivity contribution in [3.05, 3.63) is 47.5 Å². The summed E-state index contributed by atoms with van der Waals surface area (Å²) >= 11 is 0. The van der Waals surface area contributed by atoms with E-state index >= 15 is 0 Å². The van der Waals surface area contributed by atoms with E-state index in [1.165, 1.54) is 0 Å². The largest absolute Gasteiger partial charge is 0.494 e. The van der Waals surface area contributed by atoms with Crippen molar-refractivity contribution in [1.82, 2.24) is 9.80 Å². The molecule has 4 aliphatic heterocycles. The molecule has 0 saturated carbocycles. The van der Waals surface area contributed by atoms with Crippen molar-refractivity contribution in [2.45, 2.75) is 170 Å². The first kappa shape index (κ1) is 43.6. The highest BCUT2D eigenvalue weighted by atomic mass is 16.7. The number of benzene rings is 2. The molecule has 53 heavy (non-hydrogen) atoms. The Hall–Kier alpha value is -2.11. The second-order valence-corrected chi connectivity index (χ2v) is 17.6. The number of nitrogens with zero attached hydrogens (tertiary/aromatic N) is 2. The van der Waals surface area contributed by atoms with Crippen LogP contribution < -0.4 is 20.4 Å². The van der Waals surface area contributed by atoms with Crippen molar-refractivity contribution in [1.29, 1.82) is 0 Å². The van der Waals surface area contributed by atoms with E-state index in [0.29, 0.717) is 20.1 Å². The van der Waals surface area contributed by atoms with Crippen molar-refractivity contribution in [3.63, 3.8) is 0 Å². The highest BCUT2D eigenvalue weighted by Crippen LogP contribution is 2.39. The van der Waals surface area contributed by atoms with Gasteiger partial charge < -0.3 is 32.8 Å². The van der Waals surface area contributed by atoms with Crippen LogP contribution in [0.2, 0.25) is 0 Å². The average Bonchev–Trinajstić information content (AvgIpc) is 3.47. The summed E-state index contributed by atoms with van der Waals surface area (Å²) in [6.07, 6.45) is 1.78. The van der Waals surface area contributed by atoms with Crippen LogP contribution in [0.25, 0.3) is 0 Å². The Labute approximate surface area is 323 Å². The zero-order valence-corrected chi connectivity index (χ0v) is 36.0. The smallest absolute Gasteiger partial charge is 0.478 e. The molecule has 4 aliphatic rings. The van der Waals surface area contributed by atoms with Gasteiger partial charge in [-0.1, -0.05) is 52.0 Å². The Balaban J connectivity index is 0.00000152. The molecule has 2 aromatic rings. The van der Waals surface area contributed by atoms with Gasteiger partial charge in [-0.25, -0.2) is 0 Å². The van der Waals surface area contributed by atoms with E-state index in [2.05, 4.69) is 123 Å². The zero-order chi connectivity index (χ0) is 39.6. The van der Waals surface area contributed by atoms with Crippen LogP contribution in [0, 0.1) is 0 Å². The number of fused-ring (bicyclic) bond motifs is 2. The number of ether oxygens (including phenoxy) is 3. The van der Waals surface area contributed by atoms with Crippen molar-refractivity contribution in [3.8, 4) is 11.5 Å². The third-order valence-corrected chi connectivity index (χ3v) is 11.8. The fourth-order valence-corrected chi connectivity index (χ4v) is 6.59. The minimum absolute atomic E-state index is 0.118. The lowest BCUT2D eigenvalue weighted by Gasteiger charge is -2.42.